The van der Waals surface area contributed by atoms with E-state index in [1.54, 1.807) is 24.3 Å². The molecule has 0 radical (unpaired) electrons. The van der Waals surface area contributed by atoms with E-state index in [2.05, 4.69) is 0 Å². The van der Waals surface area contributed by atoms with Gasteiger partial charge in [0.25, 0.3) is 11.1 Å². The third kappa shape index (κ3) is 3.23. The largest absolute Gasteiger partial charge is 0.497 e. The minimum absolute atomic E-state index is 0.0639. The summed E-state index contributed by atoms with van der Waals surface area (Å²) in [7, 11) is 3.03. The summed E-state index contributed by atoms with van der Waals surface area (Å²) in [6.45, 7) is 0. The minimum atomic E-state index is -0.634. The number of halogens is 1. The van der Waals surface area contributed by atoms with E-state index in [4.69, 9.17) is 9.47 Å². The number of hydrogen-bond acceptors (Lipinski definition) is 5. The van der Waals surface area contributed by atoms with E-state index in [9.17, 15) is 14.0 Å². The number of carbonyl (C=O) groups excluding carboxylic acids is 2. The first-order chi connectivity index (χ1) is 12.0. The second-order valence-corrected chi connectivity index (χ2v) is 6.07. The number of para-hydroxylation sites is 1. The minimum Gasteiger partial charge on any atom is -0.497 e. The summed E-state index contributed by atoms with van der Waals surface area (Å²) in [5.41, 5.74) is 0.520. The molecule has 2 aromatic rings. The highest BCUT2D eigenvalue weighted by Gasteiger charge is 2.37. The summed E-state index contributed by atoms with van der Waals surface area (Å²) in [5, 5.41) is -0.553. The molecule has 1 heterocycles. The first kappa shape index (κ1) is 17.0. The molecule has 1 saturated heterocycles. The fourth-order valence-electron chi connectivity index (χ4n) is 2.40. The molecule has 3 rings (SSSR count). The molecule has 0 spiro atoms. The van der Waals surface area contributed by atoms with Gasteiger partial charge in [-0.1, -0.05) is 12.1 Å². The summed E-state index contributed by atoms with van der Waals surface area (Å²) in [4.78, 5) is 25.8. The van der Waals surface area contributed by atoms with Crippen LogP contribution in [0.15, 0.2) is 47.4 Å². The fourth-order valence-corrected chi connectivity index (χ4v) is 3.23. The molecule has 0 aromatic heterocycles. The molecule has 0 aliphatic carbocycles. The zero-order valence-corrected chi connectivity index (χ0v) is 14.3. The number of imide groups is 1. The van der Waals surface area contributed by atoms with E-state index in [0.717, 1.165) is 16.7 Å². The number of carbonyl (C=O) groups is 2. The molecule has 7 heteroatoms. The number of hydrogen-bond donors (Lipinski definition) is 0. The van der Waals surface area contributed by atoms with Gasteiger partial charge in [-0.2, -0.15) is 0 Å². The Bertz CT molecular complexity index is 881. The Morgan fingerprint density at radius 2 is 1.84 bits per heavy atom. The van der Waals surface area contributed by atoms with E-state index in [1.807, 2.05) is 0 Å². The van der Waals surface area contributed by atoms with Gasteiger partial charge >= 0.3 is 0 Å². The molecule has 0 atom stereocenters. The Kier molecular flexibility index (Phi) is 4.76. The average molecular weight is 359 g/mol. The Morgan fingerprint density at radius 1 is 1.08 bits per heavy atom. The van der Waals surface area contributed by atoms with Crippen LogP contribution in [0.4, 0.5) is 14.9 Å². The first-order valence-electron chi connectivity index (χ1n) is 7.29. The van der Waals surface area contributed by atoms with Gasteiger partial charge in [-0.3, -0.25) is 9.59 Å². The van der Waals surface area contributed by atoms with Crippen molar-refractivity contribution in [3.63, 3.8) is 0 Å². The van der Waals surface area contributed by atoms with Crippen LogP contribution >= 0.6 is 11.8 Å². The number of ether oxygens (including phenoxy) is 2. The van der Waals surface area contributed by atoms with Gasteiger partial charge < -0.3 is 9.47 Å². The van der Waals surface area contributed by atoms with Crippen molar-refractivity contribution in [1.82, 2.24) is 0 Å². The second-order valence-electron chi connectivity index (χ2n) is 5.08. The van der Waals surface area contributed by atoms with Crippen LogP contribution in [0.5, 0.6) is 11.5 Å². The van der Waals surface area contributed by atoms with Crippen LogP contribution in [-0.2, 0) is 4.79 Å². The Labute approximate surface area is 148 Å². The SMILES string of the molecule is COc1ccc(OC)c(/C=C2\SC(=O)N(c3ccccc3F)C2=O)c1. The molecule has 1 fully saturated rings. The van der Waals surface area contributed by atoms with E-state index in [1.165, 1.54) is 38.5 Å². The third-order valence-electron chi connectivity index (χ3n) is 3.61. The maximum absolute atomic E-state index is 13.9. The van der Waals surface area contributed by atoms with Gasteiger partial charge in [0.1, 0.15) is 17.3 Å². The molecule has 128 valence electrons. The zero-order valence-electron chi connectivity index (χ0n) is 13.5. The van der Waals surface area contributed by atoms with Crippen LogP contribution in [0.25, 0.3) is 6.08 Å². The number of amides is 2. The number of rotatable bonds is 4. The van der Waals surface area contributed by atoms with Crippen molar-refractivity contribution in [2.45, 2.75) is 0 Å². The monoisotopic (exact) mass is 359 g/mol. The standard InChI is InChI=1S/C18H14FNO4S/c1-23-12-7-8-15(24-2)11(9-12)10-16-17(21)20(18(22)25-16)14-6-4-3-5-13(14)19/h3-10H,1-2H3/b16-10-. The lowest BCUT2D eigenvalue weighted by Crippen LogP contribution is -2.28. The van der Waals surface area contributed by atoms with Crippen LogP contribution in [0.2, 0.25) is 0 Å². The highest BCUT2D eigenvalue weighted by Crippen LogP contribution is 2.38. The summed E-state index contributed by atoms with van der Waals surface area (Å²) in [6.07, 6.45) is 1.53. The van der Waals surface area contributed by atoms with Crippen molar-refractivity contribution in [3.8, 4) is 11.5 Å². The first-order valence-corrected chi connectivity index (χ1v) is 8.11. The molecule has 2 amide bonds. The van der Waals surface area contributed by atoms with Gasteiger partial charge in [0.2, 0.25) is 0 Å². The normalized spacial score (nSPS) is 15.8. The number of methoxy groups -OCH3 is 2. The Balaban J connectivity index is 2.00. The molecule has 1 aliphatic heterocycles. The molecular formula is C18H14FNO4S. The highest BCUT2D eigenvalue weighted by atomic mass is 32.2. The van der Waals surface area contributed by atoms with Crippen LogP contribution < -0.4 is 14.4 Å². The maximum Gasteiger partial charge on any atom is 0.298 e. The van der Waals surface area contributed by atoms with Gasteiger partial charge in [-0.15, -0.1) is 0 Å². The number of thioether (sulfide) groups is 1. The van der Waals surface area contributed by atoms with E-state index < -0.39 is 17.0 Å². The van der Waals surface area contributed by atoms with Gasteiger partial charge in [-0.05, 0) is 48.2 Å². The number of nitrogens with zero attached hydrogens (tertiary/aromatic N) is 1. The van der Waals surface area contributed by atoms with Crippen molar-refractivity contribution in [3.05, 3.63) is 58.8 Å². The summed E-state index contributed by atoms with van der Waals surface area (Å²) in [6, 6.07) is 10.8. The summed E-state index contributed by atoms with van der Waals surface area (Å²) < 4.78 is 24.4. The van der Waals surface area contributed by atoms with Crippen molar-refractivity contribution < 1.29 is 23.5 Å². The predicted octanol–water partition coefficient (Wildman–Crippen LogP) is 4.08. The topological polar surface area (TPSA) is 55.8 Å². The van der Waals surface area contributed by atoms with Crippen molar-refractivity contribution in [2.24, 2.45) is 0 Å². The molecule has 0 bridgehead atoms. The van der Waals surface area contributed by atoms with Crippen LogP contribution in [0.3, 0.4) is 0 Å². The Morgan fingerprint density at radius 3 is 2.52 bits per heavy atom. The van der Waals surface area contributed by atoms with Crippen LogP contribution in [-0.4, -0.2) is 25.4 Å². The van der Waals surface area contributed by atoms with Gasteiger partial charge in [0, 0.05) is 5.56 Å². The third-order valence-corrected chi connectivity index (χ3v) is 4.48. The fraction of sp³-hybridized carbons (Fsp3) is 0.111. The highest BCUT2D eigenvalue weighted by molar-refractivity contribution is 8.19. The number of benzene rings is 2. The molecular weight excluding hydrogens is 345 g/mol. The maximum atomic E-state index is 13.9. The quantitative estimate of drug-likeness (QED) is 0.770. The summed E-state index contributed by atoms with van der Waals surface area (Å²) in [5.74, 6) is -0.103. The van der Waals surface area contributed by atoms with Crippen molar-refractivity contribution in [2.75, 3.05) is 19.1 Å². The summed E-state index contributed by atoms with van der Waals surface area (Å²) >= 11 is 0.748. The smallest absolute Gasteiger partial charge is 0.298 e. The number of anilines is 1. The lowest BCUT2D eigenvalue weighted by atomic mass is 10.1. The van der Waals surface area contributed by atoms with E-state index in [-0.39, 0.29) is 10.6 Å². The molecule has 25 heavy (non-hydrogen) atoms. The molecule has 0 saturated carbocycles. The van der Waals surface area contributed by atoms with Gasteiger partial charge in [-0.25, -0.2) is 9.29 Å². The predicted molar refractivity (Wildman–Crippen MR) is 94.4 cm³/mol. The van der Waals surface area contributed by atoms with Crippen molar-refractivity contribution >= 4 is 34.7 Å². The van der Waals surface area contributed by atoms with Crippen LogP contribution in [0.1, 0.15) is 5.56 Å². The molecule has 5 nitrogen and oxygen atoms in total. The second kappa shape index (κ2) is 6.98. The average Bonchev–Trinajstić information content (AvgIpc) is 2.89. The van der Waals surface area contributed by atoms with Crippen LogP contribution in [0, 0.1) is 5.82 Å². The molecule has 2 aromatic carbocycles. The van der Waals surface area contributed by atoms with Crippen molar-refractivity contribution in [1.29, 1.82) is 0 Å². The Hall–Kier alpha value is -2.80. The van der Waals surface area contributed by atoms with Gasteiger partial charge in [0.15, 0.2) is 0 Å². The van der Waals surface area contributed by atoms with E-state index >= 15 is 0 Å². The van der Waals surface area contributed by atoms with Gasteiger partial charge in [0.05, 0.1) is 24.8 Å². The lowest BCUT2D eigenvalue weighted by Gasteiger charge is -2.13. The molecule has 0 unspecified atom stereocenters. The lowest BCUT2D eigenvalue weighted by molar-refractivity contribution is -0.113. The molecule has 1 aliphatic rings. The zero-order chi connectivity index (χ0) is 18.0. The van der Waals surface area contributed by atoms with E-state index in [0.29, 0.717) is 17.1 Å². The molecule has 0 N–H and O–H groups in total.